The van der Waals surface area contributed by atoms with Crippen LogP contribution in [0.4, 0.5) is 10.1 Å². The summed E-state index contributed by atoms with van der Waals surface area (Å²) in [6.07, 6.45) is 0. The molecule has 0 unspecified atom stereocenters. The van der Waals surface area contributed by atoms with Gasteiger partial charge in [-0.05, 0) is 18.2 Å². The fourth-order valence-electron chi connectivity index (χ4n) is 1.65. The van der Waals surface area contributed by atoms with Gasteiger partial charge in [0.1, 0.15) is 5.82 Å². The van der Waals surface area contributed by atoms with Gasteiger partial charge in [0, 0.05) is 10.0 Å². The minimum Gasteiger partial charge on any atom is -0.464 e. The SMILES string of the molecule is COC(=O)c1nc(-c2ccc(Br)cc2F)c(Cl)c(N)c1Cl. The van der Waals surface area contributed by atoms with Gasteiger partial charge in [-0.25, -0.2) is 14.2 Å². The third kappa shape index (κ3) is 2.97. The first-order valence-corrected chi connectivity index (χ1v) is 7.10. The molecule has 1 heterocycles. The number of anilines is 1. The van der Waals surface area contributed by atoms with E-state index in [1.54, 1.807) is 6.07 Å². The van der Waals surface area contributed by atoms with Crippen molar-refractivity contribution in [3.8, 4) is 11.3 Å². The van der Waals surface area contributed by atoms with Crippen LogP contribution in [0.15, 0.2) is 22.7 Å². The molecule has 0 saturated heterocycles. The van der Waals surface area contributed by atoms with Crippen molar-refractivity contribution < 1.29 is 13.9 Å². The fraction of sp³-hybridized carbons (Fsp3) is 0.0769. The van der Waals surface area contributed by atoms with Crippen molar-refractivity contribution in [3.05, 3.63) is 44.2 Å². The number of carbonyl (C=O) groups is 1. The van der Waals surface area contributed by atoms with Crippen LogP contribution in [0.5, 0.6) is 0 Å². The summed E-state index contributed by atoms with van der Waals surface area (Å²) in [7, 11) is 1.17. The normalized spacial score (nSPS) is 10.5. The number of pyridine rings is 1. The lowest BCUT2D eigenvalue weighted by Gasteiger charge is -2.12. The van der Waals surface area contributed by atoms with Crippen LogP contribution in [0.25, 0.3) is 11.3 Å². The van der Waals surface area contributed by atoms with Crippen molar-refractivity contribution in [1.29, 1.82) is 0 Å². The summed E-state index contributed by atoms with van der Waals surface area (Å²) in [6.45, 7) is 0. The largest absolute Gasteiger partial charge is 0.464 e. The molecule has 0 aliphatic carbocycles. The zero-order valence-electron chi connectivity index (χ0n) is 10.6. The van der Waals surface area contributed by atoms with Gasteiger partial charge in [0.2, 0.25) is 0 Å². The monoisotopic (exact) mass is 392 g/mol. The predicted octanol–water partition coefficient (Wildman–Crippen LogP) is 4.33. The molecule has 0 amide bonds. The van der Waals surface area contributed by atoms with E-state index in [9.17, 15) is 9.18 Å². The number of hydrogen-bond donors (Lipinski definition) is 1. The molecular weight excluding hydrogens is 386 g/mol. The Hall–Kier alpha value is -1.37. The zero-order chi connectivity index (χ0) is 15.7. The third-order valence-corrected chi connectivity index (χ3v) is 3.94. The number of rotatable bonds is 2. The minimum absolute atomic E-state index is 0.0176. The van der Waals surface area contributed by atoms with Crippen molar-refractivity contribution in [2.24, 2.45) is 0 Å². The van der Waals surface area contributed by atoms with E-state index < -0.39 is 11.8 Å². The first-order chi connectivity index (χ1) is 9.86. The molecule has 0 fully saturated rings. The van der Waals surface area contributed by atoms with Crippen LogP contribution in [-0.4, -0.2) is 18.1 Å². The lowest BCUT2D eigenvalue weighted by molar-refractivity contribution is 0.0594. The van der Waals surface area contributed by atoms with Crippen LogP contribution >= 0.6 is 39.1 Å². The van der Waals surface area contributed by atoms with Gasteiger partial charge in [-0.1, -0.05) is 39.1 Å². The number of benzene rings is 1. The molecule has 0 radical (unpaired) electrons. The van der Waals surface area contributed by atoms with Crippen molar-refractivity contribution in [2.45, 2.75) is 0 Å². The van der Waals surface area contributed by atoms with E-state index in [2.05, 4.69) is 25.7 Å². The Morgan fingerprint density at radius 1 is 1.38 bits per heavy atom. The van der Waals surface area contributed by atoms with E-state index in [0.29, 0.717) is 4.47 Å². The van der Waals surface area contributed by atoms with E-state index in [1.807, 2.05) is 0 Å². The smallest absolute Gasteiger partial charge is 0.358 e. The molecule has 1 aromatic carbocycles. The van der Waals surface area contributed by atoms with Crippen molar-refractivity contribution >= 4 is 50.8 Å². The van der Waals surface area contributed by atoms with E-state index in [1.165, 1.54) is 19.2 Å². The summed E-state index contributed by atoms with van der Waals surface area (Å²) < 4.78 is 19.2. The maximum atomic E-state index is 14.0. The van der Waals surface area contributed by atoms with Gasteiger partial charge in [0.15, 0.2) is 5.69 Å². The summed E-state index contributed by atoms with van der Waals surface area (Å²) in [5, 5.41) is -0.165. The summed E-state index contributed by atoms with van der Waals surface area (Å²) in [5.41, 5.74) is 5.57. The summed E-state index contributed by atoms with van der Waals surface area (Å²) >= 11 is 15.1. The van der Waals surface area contributed by atoms with E-state index in [-0.39, 0.29) is 32.7 Å². The number of nitrogens with zero attached hydrogens (tertiary/aromatic N) is 1. The Kier molecular flexibility index (Phi) is 4.70. The van der Waals surface area contributed by atoms with Gasteiger partial charge >= 0.3 is 5.97 Å². The van der Waals surface area contributed by atoms with Crippen LogP contribution in [-0.2, 0) is 4.74 Å². The second-order valence-corrected chi connectivity index (χ2v) is 5.64. The molecule has 110 valence electrons. The lowest BCUT2D eigenvalue weighted by atomic mass is 10.1. The highest BCUT2D eigenvalue weighted by Crippen LogP contribution is 2.38. The number of halogens is 4. The summed E-state index contributed by atoms with van der Waals surface area (Å²) in [5.74, 6) is -1.36. The Morgan fingerprint density at radius 3 is 2.62 bits per heavy atom. The Labute approximate surface area is 138 Å². The average molecular weight is 394 g/mol. The van der Waals surface area contributed by atoms with Crippen LogP contribution in [0.2, 0.25) is 10.0 Å². The number of carbonyl (C=O) groups excluding carboxylic acids is 1. The van der Waals surface area contributed by atoms with Crippen LogP contribution in [0, 0.1) is 5.82 Å². The van der Waals surface area contributed by atoms with Crippen molar-refractivity contribution in [2.75, 3.05) is 12.8 Å². The third-order valence-electron chi connectivity index (χ3n) is 2.68. The van der Waals surface area contributed by atoms with Crippen molar-refractivity contribution in [3.63, 3.8) is 0 Å². The first-order valence-electron chi connectivity index (χ1n) is 5.55. The lowest BCUT2D eigenvalue weighted by Crippen LogP contribution is -2.09. The molecule has 0 saturated carbocycles. The molecule has 0 bridgehead atoms. The zero-order valence-corrected chi connectivity index (χ0v) is 13.7. The highest BCUT2D eigenvalue weighted by Gasteiger charge is 2.23. The van der Waals surface area contributed by atoms with Crippen molar-refractivity contribution in [1.82, 2.24) is 4.98 Å². The van der Waals surface area contributed by atoms with Gasteiger partial charge in [-0.2, -0.15) is 0 Å². The second-order valence-electron chi connectivity index (χ2n) is 3.97. The quantitative estimate of drug-likeness (QED) is 0.771. The molecule has 2 aromatic rings. The molecule has 0 spiro atoms. The molecule has 1 aromatic heterocycles. The molecule has 8 heteroatoms. The van der Waals surface area contributed by atoms with Crippen LogP contribution in [0.1, 0.15) is 10.5 Å². The van der Waals surface area contributed by atoms with E-state index in [0.717, 1.165) is 0 Å². The standard InChI is InChI=1S/C13H8BrCl2FN2O2/c1-21-13(20)12-9(16)10(18)8(15)11(19-12)6-3-2-5(14)4-7(6)17/h2-4H,1H3,(H2,18,19). The number of esters is 1. The number of nitrogen functional groups attached to an aromatic ring is 1. The van der Waals surface area contributed by atoms with Crippen LogP contribution < -0.4 is 5.73 Å². The van der Waals surface area contributed by atoms with Gasteiger partial charge < -0.3 is 10.5 Å². The summed E-state index contributed by atoms with van der Waals surface area (Å²) in [6, 6.07) is 4.32. The molecule has 0 atom stereocenters. The molecule has 2 rings (SSSR count). The number of aromatic nitrogens is 1. The molecule has 0 aliphatic heterocycles. The Bertz CT molecular complexity index is 741. The molecule has 4 nitrogen and oxygen atoms in total. The average Bonchev–Trinajstić information content (AvgIpc) is 2.45. The van der Waals surface area contributed by atoms with E-state index >= 15 is 0 Å². The molecular formula is C13H8BrCl2FN2O2. The molecule has 21 heavy (non-hydrogen) atoms. The van der Waals surface area contributed by atoms with Gasteiger partial charge in [-0.3, -0.25) is 0 Å². The highest BCUT2D eigenvalue weighted by molar-refractivity contribution is 9.10. The minimum atomic E-state index is -0.790. The first kappa shape index (κ1) is 16.0. The molecule has 2 N–H and O–H groups in total. The summed E-state index contributed by atoms with van der Waals surface area (Å²) in [4.78, 5) is 15.6. The Morgan fingerprint density at radius 2 is 2.05 bits per heavy atom. The fourth-order valence-corrected chi connectivity index (χ4v) is 2.49. The topological polar surface area (TPSA) is 65.2 Å². The van der Waals surface area contributed by atoms with Crippen LogP contribution in [0.3, 0.4) is 0 Å². The maximum absolute atomic E-state index is 14.0. The van der Waals surface area contributed by atoms with Gasteiger partial charge in [0.25, 0.3) is 0 Å². The Balaban J connectivity index is 2.74. The second kappa shape index (κ2) is 6.17. The highest BCUT2D eigenvalue weighted by atomic mass is 79.9. The number of hydrogen-bond acceptors (Lipinski definition) is 4. The van der Waals surface area contributed by atoms with E-state index in [4.69, 9.17) is 28.9 Å². The van der Waals surface area contributed by atoms with Gasteiger partial charge in [-0.15, -0.1) is 0 Å². The maximum Gasteiger partial charge on any atom is 0.358 e. The predicted molar refractivity (Wildman–Crippen MR) is 83.1 cm³/mol. The number of nitrogens with two attached hydrogens (primary N) is 1. The number of ether oxygens (including phenoxy) is 1. The number of methoxy groups -OCH3 is 1. The van der Waals surface area contributed by atoms with Gasteiger partial charge in [0.05, 0.1) is 28.5 Å². The molecule has 0 aliphatic rings.